The van der Waals surface area contributed by atoms with Gasteiger partial charge in [-0.2, -0.15) is 42.0 Å². The van der Waals surface area contributed by atoms with E-state index in [2.05, 4.69) is 239 Å². The van der Waals surface area contributed by atoms with Gasteiger partial charge in [-0.1, -0.05) is 161 Å². The Balaban J connectivity index is 0.00000505. The van der Waals surface area contributed by atoms with Crippen LogP contribution >= 0.6 is 0 Å². The number of benzene rings is 8. The zero-order valence-corrected chi connectivity index (χ0v) is 43.2. The number of nitrogens with zero attached hydrogens (tertiary/aromatic N) is 3. The minimum atomic E-state index is -0.229. The Labute approximate surface area is 424 Å². The third-order valence-corrected chi connectivity index (χ3v) is 14.9. The first-order valence-electron chi connectivity index (χ1n) is 24.3. The van der Waals surface area contributed by atoms with Crippen LogP contribution in [-0.4, -0.2) is 15.8 Å². The van der Waals surface area contributed by atoms with Crippen molar-refractivity contribution < 1.29 is 24.5 Å². The average Bonchev–Trinajstić information content (AvgIpc) is 3.85. The molecule has 340 valence electrons. The van der Waals surface area contributed by atoms with Gasteiger partial charge in [0.2, 0.25) is 0 Å². The molecule has 0 bridgehead atoms. The first-order valence-corrected chi connectivity index (χ1v) is 24.3. The molecule has 0 fully saturated rings. The van der Waals surface area contributed by atoms with Gasteiger partial charge in [0.05, 0.1) is 11.2 Å². The quantitative estimate of drug-likeness (QED) is 0.127. The van der Waals surface area contributed by atoms with E-state index in [0.29, 0.717) is 0 Å². The van der Waals surface area contributed by atoms with Crippen LogP contribution in [0.2, 0.25) is 0 Å². The fourth-order valence-corrected chi connectivity index (χ4v) is 11.8. The molecule has 2 aromatic heterocycles. The van der Waals surface area contributed by atoms with E-state index in [1.807, 2.05) is 6.08 Å². The van der Waals surface area contributed by atoms with E-state index in [4.69, 9.17) is 4.74 Å². The third-order valence-electron chi connectivity index (χ3n) is 14.9. The van der Waals surface area contributed by atoms with E-state index in [1.54, 1.807) is 0 Å². The van der Waals surface area contributed by atoms with Gasteiger partial charge in [0.15, 0.2) is 6.71 Å². The summed E-state index contributed by atoms with van der Waals surface area (Å²) < 4.78 is 11.7. The van der Waals surface area contributed by atoms with Crippen molar-refractivity contribution in [1.29, 1.82) is 0 Å². The smallest absolute Gasteiger partial charge is 0.457 e. The summed E-state index contributed by atoms with van der Waals surface area (Å²) in [6, 6.07) is 61.4. The first-order chi connectivity index (χ1) is 33.4. The molecule has 3 aliphatic heterocycles. The minimum absolute atomic E-state index is 0. The summed E-state index contributed by atoms with van der Waals surface area (Å²) >= 11 is 0. The largest absolute Gasteiger partial charge is 2.00 e. The fraction of sp³-hybridized carbons (Fsp3) is 0.156. The number of allylic oxidation sites excluding steroid dienone is 1. The van der Waals surface area contributed by atoms with Crippen molar-refractivity contribution >= 4 is 85.0 Å². The van der Waals surface area contributed by atoms with Gasteiger partial charge in [-0.25, -0.2) is 0 Å². The van der Waals surface area contributed by atoms with Crippen molar-refractivity contribution in [1.82, 2.24) is 9.13 Å². The summed E-state index contributed by atoms with van der Waals surface area (Å²) in [6.07, 6.45) is 7.26. The number of hydrogen-bond acceptors (Lipinski definition) is 2. The molecule has 0 spiro atoms. The molecule has 0 saturated carbocycles. The SMILES string of the molecule is C=Cc1c(/C=C\C)c2cc3c(cc2n1-c1ccccc1)N(c1ccccc1)c1cc(C(C)(C)C)c2c4cc(-c5cccc6c5Oc5ccccc5C6)c[c-]c4n4c2c1B3c1cc(C(C)(C)C)c[c-]c1-4.[Os+2]. The van der Waals surface area contributed by atoms with Crippen LogP contribution in [0, 0.1) is 12.1 Å². The van der Waals surface area contributed by atoms with Gasteiger partial charge in [0.1, 0.15) is 11.5 Å². The number of hydrogen-bond donors (Lipinski definition) is 0. The van der Waals surface area contributed by atoms with Gasteiger partial charge >= 0.3 is 19.8 Å². The Bertz CT molecular complexity index is 3840. The van der Waals surface area contributed by atoms with Crippen LogP contribution in [0.1, 0.15) is 82.0 Å². The normalized spacial score (nSPS) is 13.5. The molecule has 5 heterocycles. The van der Waals surface area contributed by atoms with Crippen molar-refractivity contribution in [3.63, 3.8) is 0 Å². The number of para-hydroxylation sites is 4. The zero-order valence-electron chi connectivity index (χ0n) is 40.7. The number of ether oxygens (including phenoxy) is 1. The van der Waals surface area contributed by atoms with E-state index < -0.39 is 0 Å². The van der Waals surface area contributed by atoms with Gasteiger partial charge in [0.25, 0.3) is 0 Å². The summed E-state index contributed by atoms with van der Waals surface area (Å²) in [7, 11) is 0. The molecule has 0 atom stereocenters. The summed E-state index contributed by atoms with van der Waals surface area (Å²) in [4.78, 5) is 2.55. The van der Waals surface area contributed by atoms with Crippen LogP contribution in [0.4, 0.5) is 17.1 Å². The van der Waals surface area contributed by atoms with Gasteiger partial charge in [-0.15, -0.1) is 16.4 Å². The maximum atomic E-state index is 6.77. The Kier molecular flexibility index (Phi) is 10.1. The molecule has 3 aliphatic rings. The average molecular weight is 1080 g/mol. The standard InChI is InChI=1S/C64H52BN3O.Os/c1-9-20-46-47-36-51-56(38-55(47)66(52(46)10-2)43-23-13-11-14-24-43)67(44-25-15-12-16-26-44)57-37-49(64(6,7)8)59-48-34-39(45-27-19-22-41-33-40-21-17-18-28-58(40)69-62(41)45)29-31-53(48)68-54-32-30-42(63(3,4)5)35-50(54)65(51)60(57)61(59)68;/h9-30,34-38H,2,33H2,1,3-8H3;/q-2;+2/b20-9-;. The number of aromatic nitrogens is 2. The van der Waals surface area contributed by atoms with Gasteiger partial charge in [-0.3, -0.25) is 0 Å². The number of fused-ring (bicyclic) bond motifs is 11. The van der Waals surface area contributed by atoms with E-state index in [9.17, 15) is 0 Å². The predicted octanol–water partition coefficient (Wildman–Crippen LogP) is 14.6. The molecule has 0 unspecified atom stereocenters. The molecular formula is C64H52BN3OOs. The van der Waals surface area contributed by atoms with Crippen LogP contribution in [0.5, 0.6) is 11.5 Å². The maximum absolute atomic E-state index is 6.77. The van der Waals surface area contributed by atoms with Gasteiger partial charge < -0.3 is 18.8 Å². The molecule has 0 amide bonds. The van der Waals surface area contributed by atoms with Gasteiger partial charge in [0, 0.05) is 45.6 Å². The second-order valence-corrected chi connectivity index (χ2v) is 21.1. The number of rotatable bonds is 5. The first kappa shape index (κ1) is 44.1. The Hall–Kier alpha value is -7.12. The molecule has 4 nitrogen and oxygen atoms in total. The third kappa shape index (κ3) is 6.39. The molecule has 0 aliphatic carbocycles. The Morgan fingerprint density at radius 3 is 2.14 bits per heavy atom. The topological polar surface area (TPSA) is 22.3 Å². The summed E-state index contributed by atoms with van der Waals surface area (Å²) in [5.74, 6) is 1.86. The molecule has 0 N–H and O–H groups in total. The molecule has 10 aromatic rings. The Morgan fingerprint density at radius 1 is 0.686 bits per heavy atom. The van der Waals surface area contributed by atoms with Gasteiger partial charge in [-0.05, 0) is 94.0 Å². The predicted molar refractivity (Wildman–Crippen MR) is 292 cm³/mol. The van der Waals surface area contributed by atoms with Crippen LogP contribution in [0.25, 0.3) is 67.4 Å². The van der Waals surface area contributed by atoms with Crippen molar-refractivity contribution in [3.8, 4) is 34.0 Å². The second-order valence-electron chi connectivity index (χ2n) is 21.1. The second kappa shape index (κ2) is 16.0. The maximum Gasteiger partial charge on any atom is 2.00 e. The van der Waals surface area contributed by atoms with Crippen molar-refractivity contribution in [3.05, 3.63) is 204 Å². The van der Waals surface area contributed by atoms with Crippen LogP contribution < -0.4 is 26.0 Å². The fourth-order valence-electron chi connectivity index (χ4n) is 11.8. The molecule has 6 heteroatoms. The molecule has 8 aromatic carbocycles. The molecule has 0 saturated heterocycles. The molecule has 0 radical (unpaired) electrons. The summed E-state index contributed by atoms with van der Waals surface area (Å²) in [6.45, 7) is 20.4. The number of anilines is 3. The monoisotopic (exact) mass is 1080 g/mol. The van der Waals surface area contributed by atoms with E-state index in [0.717, 1.165) is 68.4 Å². The summed E-state index contributed by atoms with van der Waals surface area (Å²) in [5, 5.41) is 3.65. The van der Waals surface area contributed by atoms with Crippen LogP contribution in [0.15, 0.2) is 158 Å². The van der Waals surface area contributed by atoms with E-state index in [-0.39, 0.29) is 37.3 Å². The molecular weight excluding hydrogens is 1030 g/mol. The van der Waals surface area contributed by atoms with Crippen molar-refractivity contribution in [2.45, 2.75) is 65.7 Å². The van der Waals surface area contributed by atoms with E-state index >= 15 is 0 Å². The van der Waals surface area contributed by atoms with Crippen molar-refractivity contribution in [2.24, 2.45) is 0 Å². The van der Waals surface area contributed by atoms with Crippen LogP contribution in [-0.2, 0) is 37.0 Å². The van der Waals surface area contributed by atoms with E-state index in [1.165, 1.54) is 71.7 Å². The molecule has 70 heavy (non-hydrogen) atoms. The van der Waals surface area contributed by atoms with Crippen LogP contribution in [0.3, 0.4) is 0 Å². The minimum Gasteiger partial charge on any atom is -0.457 e. The zero-order chi connectivity index (χ0) is 47.1. The molecule has 13 rings (SSSR count). The summed E-state index contributed by atoms with van der Waals surface area (Å²) in [5.41, 5.74) is 22.0. The van der Waals surface area contributed by atoms with Crippen molar-refractivity contribution in [2.75, 3.05) is 4.90 Å². The Morgan fingerprint density at radius 2 is 1.41 bits per heavy atom.